The van der Waals surface area contributed by atoms with Crippen molar-refractivity contribution >= 4 is 0 Å². The van der Waals surface area contributed by atoms with Crippen LogP contribution >= 0.6 is 0 Å². The molecule has 2 rings (SSSR count). The molecule has 0 amide bonds. The van der Waals surface area contributed by atoms with Crippen molar-refractivity contribution < 1.29 is 14.6 Å². The molecule has 0 aliphatic carbocycles. The summed E-state index contributed by atoms with van der Waals surface area (Å²) in [6, 6.07) is 6.68. The van der Waals surface area contributed by atoms with Gasteiger partial charge in [0, 0.05) is 17.8 Å². The molecule has 0 spiro atoms. The Balaban J connectivity index is 2.33. The number of aliphatic hydroxyl groups is 1. The number of ether oxygens (including phenoxy) is 2. The smallest absolute Gasteiger partial charge is 0.258 e. The second kappa shape index (κ2) is 6.83. The third-order valence-electron chi connectivity index (χ3n) is 3.24. The largest absolute Gasteiger partial charge is 0.493 e. The second-order valence-corrected chi connectivity index (χ2v) is 5.88. The molecule has 124 valence electrons. The Hall–Kier alpha value is -2.34. The number of hydrogen-bond donors (Lipinski definition) is 1. The zero-order valence-corrected chi connectivity index (χ0v) is 13.9. The van der Waals surface area contributed by atoms with E-state index in [2.05, 4.69) is 4.98 Å². The molecule has 1 N–H and O–H groups in total. The summed E-state index contributed by atoms with van der Waals surface area (Å²) in [4.78, 5) is 16.4. The highest BCUT2D eigenvalue weighted by Gasteiger charge is 2.15. The molecule has 0 unspecified atom stereocenters. The van der Waals surface area contributed by atoms with Crippen LogP contribution in [0.3, 0.4) is 0 Å². The van der Waals surface area contributed by atoms with Crippen LogP contribution in [0.5, 0.6) is 11.5 Å². The van der Waals surface area contributed by atoms with Gasteiger partial charge in [-0.1, -0.05) is 6.92 Å². The van der Waals surface area contributed by atoms with Crippen LogP contribution in [0.2, 0.25) is 0 Å². The van der Waals surface area contributed by atoms with E-state index in [1.165, 1.54) is 24.1 Å². The van der Waals surface area contributed by atoms with Crippen LogP contribution in [0.4, 0.5) is 0 Å². The minimum Gasteiger partial charge on any atom is -0.493 e. The summed E-state index contributed by atoms with van der Waals surface area (Å²) in [6.07, 6.45) is 2.22. The zero-order valence-electron chi connectivity index (χ0n) is 13.9. The Morgan fingerprint density at radius 3 is 2.57 bits per heavy atom. The Bertz CT molecular complexity index is 732. The van der Waals surface area contributed by atoms with Crippen LogP contribution in [0, 0.1) is 0 Å². The van der Waals surface area contributed by atoms with E-state index in [-0.39, 0.29) is 12.2 Å². The summed E-state index contributed by atoms with van der Waals surface area (Å²) in [5.74, 6) is 0.989. The van der Waals surface area contributed by atoms with E-state index in [4.69, 9.17) is 9.47 Å². The molecule has 0 saturated heterocycles. The number of nitrogens with zero attached hydrogens (tertiary/aromatic N) is 2. The minimum absolute atomic E-state index is 0.134. The third-order valence-corrected chi connectivity index (χ3v) is 3.24. The van der Waals surface area contributed by atoms with E-state index in [1.54, 1.807) is 32.0 Å². The van der Waals surface area contributed by atoms with Gasteiger partial charge in [-0.3, -0.25) is 9.36 Å². The lowest BCUT2D eigenvalue weighted by Gasteiger charge is -2.19. The fourth-order valence-corrected chi connectivity index (χ4v) is 2.01. The average molecular weight is 318 g/mol. The number of benzene rings is 1. The molecule has 0 fully saturated rings. The van der Waals surface area contributed by atoms with Gasteiger partial charge in [0.15, 0.2) is 11.5 Å². The molecule has 0 atom stereocenters. The van der Waals surface area contributed by atoms with Crippen molar-refractivity contribution in [1.82, 2.24) is 9.55 Å². The Labute approximate surface area is 135 Å². The SMILES string of the molecule is CCc1cc(=O)n(-c2ccc(OCC(C)(C)O)c(OC)c2)cn1. The quantitative estimate of drug-likeness (QED) is 0.881. The summed E-state index contributed by atoms with van der Waals surface area (Å²) in [5, 5.41) is 9.74. The molecule has 0 aliphatic rings. The normalized spacial score (nSPS) is 11.3. The lowest BCUT2D eigenvalue weighted by Crippen LogP contribution is -2.28. The van der Waals surface area contributed by atoms with Crippen LogP contribution < -0.4 is 15.0 Å². The fraction of sp³-hybridized carbons (Fsp3) is 0.412. The minimum atomic E-state index is -0.944. The Morgan fingerprint density at radius 2 is 2.00 bits per heavy atom. The number of hydrogen-bond acceptors (Lipinski definition) is 5. The number of aryl methyl sites for hydroxylation is 1. The Kier molecular flexibility index (Phi) is 5.05. The summed E-state index contributed by atoms with van der Waals surface area (Å²) < 4.78 is 12.3. The van der Waals surface area contributed by atoms with Gasteiger partial charge in [-0.05, 0) is 32.4 Å². The van der Waals surface area contributed by atoms with Crippen molar-refractivity contribution in [3.05, 3.63) is 46.6 Å². The van der Waals surface area contributed by atoms with Crippen LogP contribution in [0.25, 0.3) is 5.69 Å². The summed E-state index contributed by atoms with van der Waals surface area (Å²) in [7, 11) is 1.53. The molecular weight excluding hydrogens is 296 g/mol. The first kappa shape index (κ1) is 17.0. The highest BCUT2D eigenvalue weighted by molar-refractivity contribution is 5.48. The molecule has 1 aromatic heterocycles. The van der Waals surface area contributed by atoms with Crippen LogP contribution in [0.1, 0.15) is 26.5 Å². The standard InChI is InChI=1S/C17H22N2O4/c1-5-12-8-16(20)19(11-18-12)13-6-7-14(15(9-13)22-4)23-10-17(2,3)21/h6-9,11,21H,5,10H2,1-4H3. The van der Waals surface area contributed by atoms with E-state index in [1.807, 2.05) is 6.92 Å². The van der Waals surface area contributed by atoms with Gasteiger partial charge in [0.05, 0.1) is 18.4 Å². The van der Waals surface area contributed by atoms with Crippen molar-refractivity contribution in [3.63, 3.8) is 0 Å². The first-order valence-electron chi connectivity index (χ1n) is 7.45. The first-order valence-corrected chi connectivity index (χ1v) is 7.45. The van der Waals surface area contributed by atoms with E-state index in [0.717, 1.165) is 5.69 Å². The van der Waals surface area contributed by atoms with Gasteiger partial charge in [-0.15, -0.1) is 0 Å². The molecule has 0 aliphatic heterocycles. The lowest BCUT2D eigenvalue weighted by molar-refractivity contribution is 0.0276. The zero-order chi connectivity index (χ0) is 17.0. The third kappa shape index (κ3) is 4.32. The maximum Gasteiger partial charge on any atom is 0.258 e. The first-order chi connectivity index (χ1) is 10.8. The predicted octanol–water partition coefficient (Wildman–Crippen LogP) is 1.95. The molecule has 23 heavy (non-hydrogen) atoms. The van der Waals surface area contributed by atoms with Crippen LogP contribution in [-0.2, 0) is 6.42 Å². The molecule has 0 radical (unpaired) electrons. The van der Waals surface area contributed by atoms with Gasteiger partial charge in [-0.2, -0.15) is 0 Å². The van der Waals surface area contributed by atoms with Gasteiger partial charge in [0.2, 0.25) is 0 Å². The number of rotatable bonds is 6. The maximum atomic E-state index is 12.2. The molecule has 6 heteroatoms. The van der Waals surface area contributed by atoms with Gasteiger partial charge in [0.1, 0.15) is 12.9 Å². The van der Waals surface area contributed by atoms with Gasteiger partial charge < -0.3 is 14.6 Å². The van der Waals surface area contributed by atoms with Crippen molar-refractivity contribution in [2.24, 2.45) is 0 Å². The van der Waals surface area contributed by atoms with E-state index in [9.17, 15) is 9.90 Å². The molecule has 0 saturated carbocycles. The number of methoxy groups -OCH3 is 1. The molecule has 1 aromatic carbocycles. The maximum absolute atomic E-state index is 12.2. The average Bonchev–Trinajstić information content (AvgIpc) is 2.52. The van der Waals surface area contributed by atoms with Crippen molar-refractivity contribution in [1.29, 1.82) is 0 Å². The van der Waals surface area contributed by atoms with Crippen LogP contribution in [0.15, 0.2) is 35.4 Å². The van der Waals surface area contributed by atoms with E-state index in [0.29, 0.717) is 23.6 Å². The van der Waals surface area contributed by atoms with Gasteiger partial charge >= 0.3 is 0 Å². The number of aromatic nitrogens is 2. The monoisotopic (exact) mass is 318 g/mol. The summed E-state index contributed by atoms with van der Waals surface area (Å²) in [5.41, 5.74) is 0.297. The second-order valence-electron chi connectivity index (χ2n) is 5.88. The Morgan fingerprint density at radius 1 is 1.26 bits per heavy atom. The van der Waals surface area contributed by atoms with Crippen molar-refractivity contribution in [3.8, 4) is 17.2 Å². The summed E-state index contributed by atoms with van der Waals surface area (Å²) >= 11 is 0. The molecular formula is C17H22N2O4. The predicted molar refractivity (Wildman–Crippen MR) is 87.6 cm³/mol. The molecule has 0 bridgehead atoms. The topological polar surface area (TPSA) is 73.6 Å². The highest BCUT2D eigenvalue weighted by atomic mass is 16.5. The van der Waals surface area contributed by atoms with Crippen molar-refractivity contribution in [2.45, 2.75) is 32.8 Å². The van der Waals surface area contributed by atoms with E-state index < -0.39 is 5.60 Å². The fourth-order valence-electron chi connectivity index (χ4n) is 2.01. The van der Waals surface area contributed by atoms with Crippen molar-refractivity contribution in [2.75, 3.05) is 13.7 Å². The molecule has 2 aromatic rings. The van der Waals surface area contributed by atoms with Crippen LogP contribution in [-0.4, -0.2) is 34.0 Å². The lowest BCUT2D eigenvalue weighted by atomic mass is 10.2. The summed E-state index contributed by atoms with van der Waals surface area (Å²) in [6.45, 7) is 5.40. The van der Waals surface area contributed by atoms with Gasteiger partial charge in [-0.25, -0.2) is 4.98 Å². The molecule has 6 nitrogen and oxygen atoms in total. The molecule has 1 heterocycles. The highest BCUT2D eigenvalue weighted by Crippen LogP contribution is 2.29. The van der Waals surface area contributed by atoms with E-state index >= 15 is 0 Å². The van der Waals surface area contributed by atoms with Gasteiger partial charge in [0.25, 0.3) is 5.56 Å².